The lowest BCUT2D eigenvalue weighted by Crippen LogP contribution is -2.59. The van der Waals surface area contributed by atoms with Gasteiger partial charge < -0.3 is 18.9 Å². The van der Waals surface area contributed by atoms with Gasteiger partial charge in [0.2, 0.25) is 0 Å². The maximum Gasteiger partial charge on any atom is 0.303 e. The number of benzene rings is 1. The van der Waals surface area contributed by atoms with Gasteiger partial charge in [-0.1, -0.05) is 32.0 Å². The van der Waals surface area contributed by atoms with Gasteiger partial charge >= 0.3 is 17.9 Å². The minimum Gasteiger partial charge on any atom is -0.456 e. The average Bonchev–Trinajstić information content (AvgIpc) is 2.65. The zero-order chi connectivity index (χ0) is 23.1. The fraction of sp³-hybridized carbons (Fsp3) is 0.591. The maximum atomic E-state index is 11.8. The van der Waals surface area contributed by atoms with E-state index < -0.39 is 47.8 Å². The summed E-state index contributed by atoms with van der Waals surface area (Å²) >= 11 is 3.23. The van der Waals surface area contributed by atoms with Gasteiger partial charge in [0.15, 0.2) is 18.3 Å². The summed E-state index contributed by atoms with van der Waals surface area (Å²) in [5, 5.41) is 0.434. The monoisotopic (exact) mass is 470 g/mol. The van der Waals surface area contributed by atoms with Crippen LogP contribution in [0.1, 0.15) is 47.1 Å². The van der Waals surface area contributed by atoms with Crippen LogP contribution in [0, 0.1) is 0 Å². The molecule has 9 heteroatoms. The minimum absolute atomic E-state index is 0.434. The van der Waals surface area contributed by atoms with Crippen molar-refractivity contribution in [1.82, 2.24) is 0 Å². The summed E-state index contributed by atoms with van der Waals surface area (Å²) in [6.45, 7) is 9.82. The maximum absolute atomic E-state index is 11.8. The Balaban J connectivity index is 2.27. The molecule has 1 aromatic carbocycles. The third kappa shape index (κ3) is 7.73. The second-order valence-corrected chi connectivity index (χ2v) is 10.2. The first kappa shape index (κ1) is 25.5. The number of rotatable bonds is 8. The summed E-state index contributed by atoms with van der Waals surface area (Å²) in [5.74, 6) is -1.03. The predicted molar refractivity (Wildman–Crippen MR) is 120 cm³/mol. The fourth-order valence-electron chi connectivity index (χ4n) is 3.27. The van der Waals surface area contributed by atoms with Gasteiger partial charge in [0, 0.05) is 36.7 Å². The van der Waals surface area contributed by atoms with Crippen molar-refractivity contribution in [3.63, 3.8) is 0 Å². The molecule has 1 heterocycles. The molecule has 1 saturated heterocycles. The molecule has 0 aromatic heterocycles. The van der Waals surface area contributed by atoms with Crippen LogP contribution < -0.4 is 0 Å². The molecule has 0 saturated carbocycles. The lowest BCUT2D eigenvalue weighted by Gasteiger charge is -2.43. The zero-order valence-corrected chi connectivity index (χ0v) is 20.3. The van der Waals surface area contributed by atoms with Crippen molar-refractivity contribution in [2.45, 2.75) is 87.3 Å². The highest BCUT2D eigenvalue weighted by atomic mass is 32.2. The largest absolute Gasteiger partial charge is 0.456 e. The third-order valence-corrected chi connectivity index (χ3v) is 6.68. The number of esters is 3. The number of ether oxygens (including phenoxy) is 4. The van der Waals surface area contributed by atoms with E-state index in [-0.39, 0.29) is 0 Å². The molecule has 0 aliphatic carbocycles. The van der Waals surface area contributed by atoms with Crippen LogP contribution in [0.5, 0.6) is 0 Å². The summed E-state index contributed by atoms with van der Waals surface area (Å²) in [4.78, 5) is 36.3. The Labute approximate surface area is 191 Å². The summed E-state index contributed by atoms with van der Waals surface area (Å²) in [5.41, 5.74) is 0.530. The second-order valence-electron chi connectivity index (χ2n) is 7.52. The number of carbonyl (C=O) groups excluding carboxylic acids is 3. The third-order valence-electron chi connectivity index (χ3n) is 4.37. The van der Waals surface area contributed by atoms with Gasteiger partial charge in [-0.15, -0.1) is 23.5 Å². The lowest BCUT2D eigenvalue weighted by molar-refractivity contribution is -0.229. The van der Waals surface area contributed by atoms with E-state index in [9.17, 15) is 14.4 Å². The number of carbonyl (C=O) groups is 3. The molecule has 0 radical (unpaired) electrons. The summed E-state index contributed by atoms with van der Waals surface area (Å²) in [6, 6.07) is 8.11. The summed E-state index contributed by atoms with van der Waals surface area (Å²) in [7, 11) is 0. The van der Waals surface area contributed by atoms with Crippen molar-refractivity contribution in [2.75, 3.05) is 0 Å². The molecule has 1 fully saturated rings. The first-order valence-corrected chi connectivity index (χ1v) is 12.0. The van der Waals surface area contributed by atoms with Crippen LogP contribution in [0.2, 0.25) is 0 Å². The van der Waals surface area contributed by atoms with Gasteiger partial charge in [-0.2, -0.15) is 0 Å². The minimum atomic E-state index is -0.966. The van der Waals surface area contributed by atoms with E-state index in [2.05, 4.69) is 26.0 Å². The van der Waals surface area contributed by atoms with Crippen molar-refractivity contribution >= 4 is 41.4 Å². The number of hydrogen-bond acceptors (Lipinski definition) is 9. The average molecular weight is 471 g/mol. The first-order chi connectivity index (χ1) is 14.6. The SMILES string of the molecule is CC(=O)O[C@@H]1[C@@H](OC(C)=O)[C@H](C)O[C@@H](SCc2ccccc2SC(C)C)[C@@H]1OC(C)=O. The Hall–Kier alpha value is -1.71. The van der Waals surface area contributed by atoms with E-state index in [4.69, 9.17) is 18.9 Å². The van der Waals surface area contributed by atoms with E-state index in [1.54, 1.807) is 18.7 Å². The molecule has 0 spiro atoms. The lowest BCUT2D eigenvalue weighted by atomic mass is 10.00. The standard InChI is InChI=1S/C22H30O7S2/c1-12(2)31-18-10-8-7-9-17(18)11-30-22-21(29-16(6)25)20(28-15(5)24)19(13(3)26-22)27-14(4)23/h7-10,12-13,19-22H,11H2,1-6H3/t13-,19-,20+,21+,22-/m0/s1. The fourth-order valence-corrected chi connectivity index (χ4v) is 5.57. The molecule has 2 rings (SSSR count). The van der Waals surface area contributed by atoms with E-state index >= 15 is 0 Å². The van der Waals surface area contributed by atoms with Gasteiger partial charge in [0.25, 0.3) is 0 Å². The predicted octanol–water partition coefficient (Wildman–Crippen LogP) is 3.96. The Morgan fingerprint density at radius 1 is 0.935 bits per heavy atom. The molecule has 7 nitrogen and oxygen atoms in total. The highest BCUT2D eigenvalue weighted by Gasteiger charge is 2.50. The van der Waals surface area contributed by atoms with Crippen LogP contribution in [-0.4, -0.2) is 53.0 Å². The van der Waals surface area contributed by atoms with Gasteiger partial charge in [0.1, 0.15) is 5.44 Å². The molecule has 1 aromatic rings. The van der Waals surface area contributed by atoms with Gasteiger partial charge in [-0.25, -0.2) is 0 Å². The topological polar surface area (TPSA) is 88.1 Å². The number of thioether (sulfide) groups is 2. The summed E-state index contributed by atoms with van der Waals surface area (Å²) in [6.07, 6.45) is -3.33. The van der Waals surface area contributed by atoms with Gasteiger partial charge in [0.05, 0.1) is 6.10 Å². The molecule has 31 heavy (non-hydrogen) atoms. The van der Waals surface area contributed by atoms with Gasteiger partial charge in [-0.3, -0.25) is 14.4 Å². The van der Waals surface area contributed by atoms with E-state index in [0.717, 1.165) is 5.56 Å². The zero-order valence-electron chi connectivity index (χ0n) is 18.7. The van der Waals surface area contributed by atoms with Crippen molar-refractivity contribution in [3.05, 3.63) is 29.8 Å². The molecule has 1 aliphatic rings. The Bertz CT molecular complexity index is 783. The van der Waals surface area contributed by atoms with Crippen molar-refractivity contribution in [2.24, 2.45) is 0 Å². The Morgan fingerprint density at radius 3 is 2.06 bits per heavy atom. The molecule has 5 atom stereocenters. The molecule has 172 valence electrons. The highest BCUT2D eigenvalue weighted by molar-refractivity contribution is 8.00. The molecule has 0 amide bonds. The molecular formula is C22H30O7S2. The van der Waals surface area contributed by atoms with Crippen LogP contribution in [-0.2, 0) is 39.1 Å². The molecule has 1 aliphatic heterocycles. The second kappa shape index (κ2) is 11.8. The number of hydrogen-bond donors (Lipinski definition) is 0. The Morgan fingerprint density at radius 2 is 1.48 bits per heavy atom. The molecule has 0 bridgehead atoms. The van der Waals surface area contributed by atoms with E-state index in [1.807, 2.05) is 12.1 Å². The quantitative estimate of drug-likeness (QED) is 0.318. The summed E-state index contributed by atoms with van der Waals surface area (Å²) < 4.78 is 22.4. The van der Waals surface area contributed by atoms with Crippen molar-refractivity contribution < 1.29 is 33.3 Å². The molecule has 0 N–H and O–H groups in total. The van der Waals surface area contributed by atoms with Crippen LogP contribution in [0.25, 0.3) is 0 Å². The van der Waals surface area contributed by atoms with Crippen LogP contribution in [0.3, 0.4) is 0 Å². The van der Waals surface area contributed by atoms with Crippen LogP contribution in [0.4, 0.5) is 0 Å². The van der Waals surface area contributed by atoms with E-state index in [0.29, 0.717) is 11.0 Å². The van der Waals surface area contributed by atoms with Crippen LogP contribution >= 0.6 is 23.5 Å². The smallest absolute Gasteiger partial charge is 0.303 e. The van der Waals surface area contributed by atoms with Crippen molar-refractivity contribution in [3.8, 4) is 0 Å². The molecular weight excluding hydrogens is 440 g/mol. The molecule has 0 unspecified atom stereocenters. The van der Waals surface area contributed by atoms with E-state index in [1.165, 1.54) is 37.4 Å². The van der Waals surface area contributed by atoms with Gasteiger partial charge in [-0.05, 0) is 18.6 Å². The first-order valence-electron chi connectivity index (χ1n) is 10.1. The Kier molecular flexibility index (Phi) is 9.71. The van der Waals surface area contributed by atoms with Crippen molar-refractivity contribution in [1.29, 1.82) is 0 Å². The highest BCUT2D eigenvalue weighted by Crippen LogP contribution is 2.37. The van der Waals surface area contributed by atoms with Crippen LogP contribution in [0.15, 0.2) is 29.2 Å². The normalized spacial score (nSPS) is 25.7.